The second-order valence-corrected chi connectivity index (χ2v) is 18.6. The number of aromatic nitrogens is 2. The third kappa shape index (κ3) is 9.20. The fraction of sp³-hybridized carbons (Fsp3) is 0.311. The molecule has 1 atom stereocenters. The molecular weight excluding hydrogens is 813 g/mol. The zero-order valence-electron chi connectivity index (χ0n) is 33.7. The first-order valence-corrected chi connectivity index (χ1v) is 23.0. The summed E-state index contributed by atoms with van der Waals surface area (Å²) in [5, 5.41) is 6.15. The van der Waals surface area contributed by atoms with E-state index in [0.29, 0.717) is 48.3 Å². The fourth-order valence-electron chi connectivity index (χ4n) is 8.43. The van der Waals surface area contributed by atoms with Gasteiger partial charge in [-0.3, -0.25) is 23.6 Å². The molecule has 6 heterocycles. The molecule has 3 aliphatic rings. The highest BCUT2D eigenvalue weighted by Gasteiger charge is 2.33. The number of hydrogen-bond donors (Lipinski definition) is 6. The van der Waals surface area contributed by atoms with Crippen molar-refractivity contribution in [1.82, 2.24) is 24.5 Å². The highest BCUT2D eigenvalue weighted by molar-refractivity contribution is 8.23. The minimum absolute atomic E-state index is 0.0420. The van der Waals surface area contributed by atoms with E-state index in [1.165, 1.54) is 28.5 Å². The van der Waals surface area contributed by atoms with Crippen LogP contribution in [0.15, 0.2) is 108 Å². The molecule has 14 nitrogen and oxygen atoms in total. The van der Waals surface area contributed by atoms with Crippen LogP contribution in [-0.2, 0) is 17.7 Å². The Kier molecular flexibility index (Phi) is 11.9. The molecule has 318 valence electrons. The molecule has 0 aliphatic carbocycles. The molecule has 0 spiro atoms. The van der Waals surface area contributed by atoms with Gasteiger partial charge in [-0.15, -0.1) is 11.3 Å². The SMILES string of the molecule is Nc1cc(S(O)(O)NC(=O)c2ccc(N3CCN(CC4Cc5ccccc5CN4C(=O)c4cccs4)CC3)cc2Oc2cnc3[nH]ccc3c2)ccc1NCC1CCOCC1. The second kappa shape index (κ2) is 17.8. The lowest BCUT2D eigenvalue weighted by Crippen LogP contribution is -2.54. The number of thiophene rings is 1. The van der Waals surface area contributed by atoms with Gasteiger partial charge in [0.15, 0.2) is 0 Å². The van der Waals surface area contributed by atoms with Crippen LogP contribution in [0.2, 0.25) is 0 Å². The summed E-state index contributed by atoms with van der Waals surface area (Å²) in [6.07, 6.45) is 6.11. The number of rotatable bonds is 12. The van der Waals surface area contributed by atoms with E-state index in [0.717, 1.165) is 74.6 Å². The number of ether oxygens (including phenoxy) is 2. The van der Waals surface area contributed by atoms with E-state index >= 15 is 0 Å². The first-order valence-electron chi connectivity index (χ1n) is 20.6. The van der Waals surface area contributed by atoms with Crippen molar-refractivity contribution >= 4 is 62.0 Å². The molecule has 61 heavy (non-hydrogen) atoms. The number of piperazine rings is 1. The van der Waals surface area contributed by atoms with E-state index in [1.54, 1.807) is 30.6 Å². The van der Waals surface area contributed by atoms with Crippen LogP contribution in [0.5, 0.6) is 11.5 Å². The van der Waals surface area contributed by atoms with Crippen LogP contribution >= 0.6 is 22.1 Å². The van der Waals surface area contributed by atoms with Gasteiger partial charge in [-0.1, -0.05) is 41.1 Å². The Labute approximate surface area is 360 Å². The summed E-state index contributed by atoms with van der Waals surface area (Å²) in [6.45, 7) is 6.55. The molecule has 1 unspecified atom stereocenters. The van der Waals surface area contributed by atoms with Crippen molar-refractivity contribution < 1.29 is 28.2 Å². The molecule has 3 aromatic heterocycles. The molecule has 7 N–H and O–H groups in total. The number of hydrogen-bond acceptors (Lipinski definition) is 12. The zero-order valence-corrected chi connectivity index (χ0v) is 35.3. The Morgan fingerprint density at radius 2 is 1.79 bits per heavy atom. The molecule has 2 saturated heterocycles. The molecule has 0 bridgehead atoms. The first kappa shape index (κ1) is 40.8. The predicted octanol–water partition coefficient (Wildman–Crippen LogP) is 7.68. The number of carbonyl (C=O) groups is 2. The molecule has 3 aliphatic heterocycles. The highest BCUT2D eigenvalue weighted by Crippen LogP contribution is 2.46. The smallest absolute Gasteiger partial charge is 0.273 e. The lowest BCUT2D eigenvalue weighted by Gasteiger charge is -2.42. The van der Waals surface area contributed by atoms with Crippen LogP contribution in [0.25, 0.3) is 11.0 Å². The van der Waals surface area contributed by atoms with Crippen LogP contribution in [0.4, 0.5) is 17.1 Å². The number of fused-ring (bicyclic) bond motifs is 2. The maximum atomic E-state index is 14.0. The van der Waals surface area contributed by atoms with Crippen molar-refractivity contribution in [1.29, 1.82) is 0 Å². The second-order valence-electron chi connectivity index (χ2n) is 15.9. The van der Waals surface area contributed by atoms with Gasteiger partial charge in [-0.05, 0) is 90.2 Å². The first-order chi connectivity index (χ1) is 29.7. The Hall–Kier alpha value is -5.62. The number of H-pyrrole nitrogens is 1. The molecule has 6 aromatic rings. The van der Waals surface area contributed by atoms with Gasteiger partial charge in [0.2, 0.25) is 0 Å². The van der Waals surface area contributed by atoms with Gasteiger partial charge in [0.1, 0.15) is 17.1 Å². The summed E-state index contributed by atoms with van der Waals surface area (Å²) in [5.74, 6) is 0.473. The van der Waals surface area contributed by atoms with E-state index < -0.39 is 16.7 Å². The van der Waals surface area contributed by atoms with Crippen LogP contribution in [-0.4, -0.2) is 99.2 Å². The van der Waals surface area contributed by atoms with Gasteiger partial charge in [-0.2, -0.15) is 0 Å². The average molecular weight is 863 g/mol. The normalized spacial score (nSPS) is 17.8. The molecule has 9 rings (SSSR count). The number of nitrogens with one attached hydrogen (secondary N) is 3. The van der Waals surface area contributed by atoms with Gasteiger partial charge in [-0.25, -0.2) is 9.71 Å². The summed E-state index contributed by atoms with van der Waals surface area (Å²) < 4.78 is 36.9. The van der Waals surface area contributed by atoms with Gasteiger partial charge >= 0.3 is 0 Å². The molecule has 2 amide bonds. The molecule has 3 aromatic carbocycles. The average Bonchev–Trinajstić information content (AvgIpc) is 3.99. The predicted molar refractivity (Wildman–Crippen MR) is 241 cm³/mol. The Bertz CT molecular complexity index is 2500. The van der Waals surface area contributed by atoms with Crippen LogP contribution in [0.1, 0.15) is 44.0 Å². The minimum Gasteiger partial charge on any atom is -0.455 e. The van der Waals surface area contributed by atoms with Crippen LogP contribution in [0.3, 0.4) is 0 Å². The van der Waals surface area contributed by atoms with Gasteiger partial charge in [0.25, 0.3) is 11.8 Å². The van der Waals surface area contributed by atoms with Gasteiger partial charge < -0.3 is 35.3 Å². The van der Waals surface area contributed by atoms with Crippen molar-refractivity contribution in [2.45, 2.75) is 36.7 Å². The quantitative estimate of drug-likeness (QED) is 0.0665. The maximum Gasteiger partial charge on any atom is 0.273 e. The summed E-state index contributed by atoms with van der Waals surface area (Å²) in [7, 11) is -3.82. The Morgan fingerprint density at radius 1 is 0.967 bits per heavy atom. The maximum absolute atomic E-state index is 14.0. The molecule has 2 fully saturated rings. The number of aromatic amines is 1. The summed E-state index contributed by atoms with van der Waals surface area (Å²) in [5.41, 5.74) is 11.5. The van der Waals surface area contributed by atoms with Crippen molar-refractivity contribution in [3.8, 4) is 11.5 Å². The lowest BCUT2D eigenvalue weighted by molar-refractivity contribution is 0.0581. The third-order valence-electron chi connectivity index (χ3n) is 11.9. The van der Waals surface area contributed by atoms with Gasteiger partial charge in [0.05, 0.1) is 32.9 Å². The fourth-order valence-corrected chi connectivity index (χ4v) is 10.1. The Balaban J connectivity index is 0.902. The van der Waals surface area contributed by atoms with Crippen molar-refractivity contribution in [2.24, 2.45) is 5.92 Å². The molecule has 16 heteroatoms. The number of carbonyl (C=O) groups excluding carboxylic acids is 2. The monoisotopic (exact) mass is 862 g/mol. The standard InChI is InChI=1S/C45H50N8O6S2/c46-39-25-37(8-10-40(39)48-26-30-12-19-58-20-13-30)61(56,57)50-44(54)38-9-7-34(24-41(38)59-36-23-32-11-14-47-43(32)49-27-36)52-17-15-51(16-18-52)29-35-22-31-4-1-2-5-33(31)28-53(35)45(55)42-6-3-21-60-42/h1-11,14,21,23-25,27,30,35,48,56-57H,12-13,15-20,22,26,28-29,46H2,(H,47,49)(H,50,54). The van der Waals surface area contributed by atoms with Crippen molar-refractivity contribution in [3.63, 3.8) is 0 Å². The summed E-state index contributed by atoms with van der Waals surface area (Å²) >= 11 is 1.48. The zero-order chi connectivity index (χ0) is 41.9. The summed E-state index contributed by atoms with van der Waals surface area (Å²) in [6, 6.07) is 26.0. The molecule has 0 saturated carbocycles. The van der Waals surface area contributed by atoms with Crippen molar-refractivity contribution in [2.75, 3.05) is 68.4 Å². The van der Waals surface area contributed by atoms with E-state index in [-0.39, 0.29) is 28.2 Å². The number of benzene rings is 3. The van der Waals surface area contributed by atoms with Crippen LogP contribution < -0.4 is 25.4 Å². The summed E-state index contributed by atoms with van der Waals surface area (Å²) in [4.78, 5) is 42.8. The number of pyridine rings is 1. The number of nitrogens with zero attached hydrogens (tertiary/aromatic N) is 4. The van der Waals surface area contributed by atoms with Crippen molar-refractivity contribution in [3.05, 3.63) is 124 Å². The molecular formula is C45H50N8O6S2. The van der Waals surface area contributed by atoms with Crippen LogP contribution in [0, 0.1) is 5.92 Å². The van der Waals surface area contributed by atoms with E-state index in [1.807, 2.05) is 52.7 Å². The third-order valence-corrected chi connectivity index (χ3v) is 14.1. The van der Waals surface area contributed by atoms with Gasteiger partial charge in [0, 0.05) is 88.4 Å². The minimum atomic E-state index is -3.82. The van der Waals surface area contributed by atoms with E-state index in [4.69, 9.17) is 15.2 Å². The molecule has 0 radical (unpaired) electrons. The number of nitrogen functional groups attached to an aromatic ring is 1. The highest BCUT2D eigenvalue weighted by atomic mass is 32.3. The number of amides is 2. The largest absolute Gasteiger partial charge is 0.455 e. The lowest BCUT2D eigenvalue weighted by atomic mass is 9.93. The van der Waals surface area contributed by atoms with E-state index in [9.17, 15) is 18.7 Å². The number of nitrogens with two attached hydrogens (primary N) is 1. The Morgan fingerprint density at radius 3 is 2.57 bits per heavy atom. The topological polar surface area (TPSA) is 182 Å². The number of anilines is 3. The van der Waals surface area contributed by atoms with E-state index in [2.05, 4.69) is 48.0 Å².